The van der Waals surface area contributed by atoms with Crippen molar-refractivity contribution in [1.29, 1.82) is 0 Å². The molecular formula is C21H33NO2. The minimum atomic E-state index is 0.287. The molecule has 3 heteroatoms. The van der Waals surface area contributed by atoms with Gasteiger partial charge in [0.05, 0.1) is 12.2 Å². The number of rotatable bonds is 2. The van der Waals surface area contributed by atoms with Crippen molar-refractivity contribution in [2.24, 2.45) is 28.6 Å². The zero-order valence-corrected chi connectivity index (χ0v) is 15.4. The zero-order chi connectivity index (χ0) is 16.5. The number of ether oxygens (including phenoxy) is 1. The molecule has 0 bridgehead atoms. The maximum absolute atomic E-state index is 11.9. The van der Waals surface area contributed by atoms with E-state index >= 15 is 0 Å². The molecule has 5 aliphatic rings. The Morgan fingerprint density at radius 3 is 2.50 bits per heavy atom. The van der Waals surface area contributed by atoms with Crippen LogP contribution in [0.4, 0.5) is 0 Å². The molecule has 0 aromatic rings. The quantitative estimate of drug-likeness (QED) is 0.829. The van der Waals surface area contributed by atoms with E-state index in [-0.39, 0.29) is 5.91 Å². The Bertz CT molecular complexity index is 544. The fourth-order valence-corrected chi connectivity index (χ4v) is 7.31. The lowest BCUT2D eigenvalue weighted by Gasteiger charge is -2.60. The third kappa shape index (κ3) is 2.15. The number of hydrogen-bond donors (Lipinski definition) is 1. The van der Waals surface area contributed by atoms with Crippen molar-refractivity contribution in [3.63, 3.8) is 0 Å². The number of amides is 1. The van der Waals surface area contributed by atoms with E-state index in [1.165, 1.54) is 51.4 Å². The maximum Gasteiger partial charge on any atom is 0.220 e. The van der Waals surface area contributed by atoms with Crippen LogP contribution < -0.4 is 5.32 Å². The van der Waals surface area contributed by atoms with Gasteiger partial charge >= 0.3 is 0 Å². The van der Waals surface area contributed by atoms with E-state index in [4.69, 9.17) is 4.74 Å². The molecule has 1 N–H and O–H groups in total. The summed E-state index contributed by atoms with van der Waals surface area (Å²) in [6.07, 6.45) is 13.4. The predicted octanol–water partition coefficient (Wildman–Crippen LogP) is 4.06. The summed E-state index contributed by atoms with van der Waals surface area (Å²) >= 11 is 0. The van der Waals surface area contributed by atoms with Crippen LogP contribution in [0, 0.1) is 28.6 Å². The highest BCUT2D eigenvalue weighted by atomic mass is 16.5. The van der Waals surface area contributed by atoms with Gasteiger partial charge in [-0.1, -0.05) is 13.8 Å². The van der Waals surface area contributed by atoms with Crippen LogP contribution in [0.15, 0.2) is 0 Å². The Kier molecular flexibility index (Phi) is 3.41. The second-order valence-electron chi connectivity index (χ2n) is 10.0. The average Bonchev–Trinajstić information content (AvgIpc) is 3.31. The predicted molar refractivity (Wildman–Crippen MR) is 93.4 cm³/mol. The third-order valence-corrected chi connectivity index (χ3v) is 8.89. The van der Waals surface area contributed by atoms with Gasteiger partial charge in [0.1, 0.15) is 0 Å². The van der Waals surface area contributed by atoms with Crippen LogP contribution in [0.5, 0.6) is 0 Å². The largest absolute Gasteiger partial charge is 0.374 e. The lowest BCUT2D eigenvalue weighted by Crippen LogP contribution is -2.61. The summed E-state index contributed by atoms with van der Waals surface area (Å²) in [5, 5.41) is 3.34. The molecular weight excluding hydrogens is 298 g/mol. The van der Waals surface area contributed by atoms with Gasteiger partial charge in [0.2, 0.25) is 5.91 Å². The first-order valence-electron chi connectivity index (χ1n) is 10.5. The lowest BCUT2D eigenvalue weighted by atomic mass is 9.47. The molecule has 0 aromatic carbocycles. The van der Waals surface area contributed by atoms with Crippen molar-refractivity contribution in [3.05, 3.63) is 0 Å². The highest BCUT2D eigenvalue weighted by molar-refractivity contribution is 5.77. The van der Waals surface area contributed by atoms with Gasteiger partial charge in [-0.2, -0.15) is 0 Å². The SMILES string of the molecule is CC12CCC(=O)NC1CCC1C2CCC2(C)C(OC3CC3)CCC12. The van der Waals surface area contributed by atoms with E-state index < -0.39 is 0 Å². The van der Waals surface area contributed by atoms with E-state index in [9.17, 15) is 4.79 Å². The van der Waals surface area contributed by atoms with E-state index in [1.807, 2.05) is 0 Å². The minimum absolute atomic E-state index is 0.287. The van der Waals surface area contributed by atoms with Gasteiger partial charge in [-0.05, 0) is 86.4 Å². The van der Waals surface area contributed by atoms with E-state index in [1.54, 1.807) is 0 Å². The molecule has 7 atom stereocenters. The molecule has 4 saturated carbocycles. The zero-order valence-electron chi connectivity index (χ0n) is 15.4. The van der Waals surface area contributed by atoms with E-state index in [0.717, 1.165) is 30.6 Å². The summed E-state index contributed by atoms with van der Waals surface area (Å²) in [7, 11) is 0. The van der Waals surface area contributed by atoms with Crippen LogP contribution >= 0.6 is 0 Å². The number of carbonyl (C=O) groups excluding carboxylic acids is 1. The lowest BCUT2D eigenvalue weighted by molar-refractivity contribution is -0.141. The number of nitrogens with one attached hydrogen (secondary N) is 1. The molecule has 134 valence electrons. The number of fused-ring (bicyclic) bond motifs is 5. The van der Waals surface area contributed by atoms with Gasteiger partial charge in [0.15, 0.2) is 0 Å². The third-order valence-electron chi connectivity index (χ3n) is 8.89. The first kappa shape index (κ1) is 15.7. The van der Waals surface area contributed by atoms with Crippen LogP contribution in [0.2, 0.25) is 0 Å². The van der Waals surface area contributed by atoms with Crippen molar-refractivity contribution >= 4 is 5.91 Å². The second-order valence-corrected chi connectivity index (χ2v) is 10.0. The summed E-state index contributed by atoms with van der Waals surface area (Å²) in [5.74, 6) is 2.83. The van der Waals surface area contributed by atoms with Gasteiger partial charge in [0, 0.05) is 12.5 Å². The van der Waals surface area contributed by atoms with Gasteiger partial charge in [-0.3, -0.25) is 4.79 Å². The topological polar surface area (TPSA) is 38.3 Å². The van der Waals surface area contributed by atoms with Gasteiger partial charge < -0.3 is 10.1 Å². The molecule has 1 aliphatic heterocycles. The highest BCUT2D eigenvalue weighted by Gasteiger charge is 2.61. The van der Waals surface area contributed by atoms with E-state index in [0.29, 0.717) is 29.1 Å². The smallest absolute Gasteiger partial charge is 0.220 e. The number of carbonyl (C=O) groups is 1. The van der Waals surface area contributed by atoms with Gasteiger partial charge in [-0.15, -0.1) is 0 Å². The first-order chi connectivity index (χ1) is 11.5. The molecule has 5 rings (SSSR count). The van der Waals surface area contributed by atoms with Crippen molar-refractivity contribution < 1.29 is 9.53 Å². The monoisotopic (exact) mass is 331 g/mol. The summed E-state index contributed by atoms with van der Waals surface area (Å²) in [5.41, 5.74) is 0.762. The molecule has 0 radical (unpaired) electrons. The van der Waals surface area contributed by atoms with Crippen LogP contribution in [0.1, 0.15) is 78.1 Å². The Morgan fingerprint density at radius 1 is 0.917 bits per heavy atom. The second kappa shape index (κ2) is 5.22. The normalized spacial score (nSPS) is 53.8. The molecule has 1 amide bonds. The molecule has 0 aromatic heterocycles. The summed E-state index contributed by atoms with van der Waals surface area (Å²) in [6.45, 7) is 5.04. The molecule has 7 unspecified atom stereocenters. The molecule has 0 spiro atoms. The average molecular weight is 332 g/mol. The number of piperidine rings is 1. The van der Waals surface area contributed by atoms with Crippen molar-refractivity contribution in [2.45, 2.75) is 96.3 Å². The van der Waals surface area contributed by atoms with E-state index in [2.05, 4.69) is 19.2 Å². The van der Waals surface area contributed by atoms with Crippen LogP contribution in [0.25, 0.3) is 0 Å². The van der Waals surface area contributed by atoms with Crippen LogP contribution in [-0.4, -0.2) is 24.2 Å². The fourth-order valence-electron chi connectivity index (χ4n) is 7.31. The van der Waals surface area contributed by atoms with Crippen LogP contribution in [-0.2, 0) is 9.53 Å². The summed E-state index contributed by atoms with van der Waals surface area (Å²) in [6, 6.07) is 0.435. The molecule has 1 saturated heterocycles. The van der Waals surface area contributed by atoms with Crippen molar-refractivity contribution in [3.8, 4) is 0 Å². The fraction of sp³-hybridized carbons (Fsp3) is 0.952. The van der Waals surface area contributed by atoms with Crippen LogP contribution in [0.3, 0.4) is 0 Å². The Hall–Kier alpha value is -0.570. The van der Waals surface area contributed by atoms with Gasteiger partial charge in [-0.25, -0.2) is 0 Å². The highest BCUT2D eigenvalue weighted by Crippen LogP contribution is 2.64. The Labute approximate surface area is 146 Å². The molecule has 24 heavy (non-hydrogen) atoms. The minimum Gasteiger partial charge on any atom is -0.374 e. The summed E-state index contributed by atoms with van der Waals surface area (Å²) < 4.78 is 6.46. The van der Waals surface area contributed by atoms with Crippen molar-refractivity contribution in [1.82, 2.24) is 5.32 Å². The van der Waals surface area contributed by atoms with Crippen molar-refractivity contribution in [2.75, 3.05) is 0 Å². The number of hydrogen-bond acceptors (Lipinski definition) is 2. The molecule has 1 heterocycles. The van der Waals surface area contributed by atoms with Gasteiger partial charge in [0.25, 0.3) is 0 Å². The molecule has 3 nitrogen and oxygen atoms in total. The maximum atomic E-state index is 11.9. The first-order valence-corrected chi connectivity index (χ1v) is 10.5. The molecule has 4 aliphatic carbocycles. The standard InChI is InChI=1S/C21H33NO2/c1-20-12-10-19(23)22-17(20)7-5-14-15-6-8-18(24-13-3-4-13)21(15,2)11-9-16(14)20/h13-18H,3-12H2,1-2H3,(H,22,23). The summed E-state index contributed by atoms with van der Waals surface area (Å²) in [4.78, 5) is 11.9. The Morgan fingerprint density at radius 2 is 1.71 bits per heavy atom. The molecule has 5 fully saturated rings. The Balaban J connectivity index is 1.39.